The number of benzene rings is 1. The fraction of sp³-hybridized carbons (Fsp3) is 0.409. The minimum atomic E-state index is -0.0707. The standard InChI is InChI=1S/C22H25ClN4O/c1-14-19(12-16-8-10-17(23)11-9-16)15(2)27-21(25-14)20(13-24-27)22(28)26-18-6-4-3-5-7-18/h8-11,13,18H,3-7,12H2,1-2H3,(H,26,28). The van der Waals surface area contributed by atoms with Crippen molar-refractivity contribution in [2.45, 2.75) is 58.4 Å². The summed E-state index contributed by atoms with van der Waals surface area (Å²) in [6.45, 7) is 4.02. The SMILES string of the molecule is Cc1nc2c(C(=O)NC3CCCCC3)cnn2c(C)c1Cc1ccc(Cl)cc1. The number of aromatic nitrogens is 3. The van der Waals surface area contributed by atoms with Gasteiger partial charge in [-0.05, 0) is 49.9 Å². The third-order valence-electron chi connectivity index (χ3n) is 5.69. The Hall–Kier alpha value is -2.40. The number of fused-ring (bicyclic) bond motifs is 1. The van der Waals surface area contributed by atoms with Crippen molar-refractivity contribution < 1.29 is 4.79 Å². The van der Waals surface area contributed by atoms with Crippen LogP contribution in [-0.2, 0) is 6.42 Å². The Morgan fingerprint density at radius 1 is 1.18 bits per heavy atom. The Morgan fingerprint density at radius 3 is 2.61 bits per heavy atom. The van der Waals surface area contributed by atoms with Crippen molar-refractivity contribution in [2.24, 2.45) is 0 Å². The first kappa shape index (κ1) is 18.9. The molecule has 1 saturated carbocycles. The summed E-state index contributed by atoms with van der Waals surface area (Å²) in [7, 11) is 0. The minimum absolute atomic E-state index is 0.0707. The number of hydrogen-bond donors (Lipinski definition) is 1. The van der Waals surface area contributed by atoms with Crippen LogP contribution in [0.3, 0.4) is 0 Å². The lowest BCUT2D eigenvalue weighted by molar-refractivity contribution is 0.0929. The molecule has 146 valence electrons. The molecule has 0 saturated heterocycles. The van der Waals surface area contributed by atoms with Crippen LogP contribution in [0.25, 0.3) is 5.65 Å². The van der Waals surface area contributed by atoms with Gasteiger partial charge >= 0.3 is 0 Å². The molecule has 1 fully saturated rings. The first-order chi connectivity index (χ1) is 13.5. The monoisotopic (exact) mass is 396 g/mol. The van der Waals surface area contributed by atoms with E-state index in [1.165, 1.54) is 24.8 Å². The number of carbonyl (C=O) groups is 1. The fourth-order valence-electron chi connectivity index (χ4n) is 4.04. The zero-order valence-corrected chi connectivity index (χ0v) is 17.1. The van der Waals surface area contributed by atoms with Crippen LogP contribution in [0.2, 0.25) is 5.02 Å². The fourth-order valence-corrected chi connectivity index (χ4v) is 4.17. The van der Waals surface area contributed by atoms with Gasteiger partial charge in [-0.15, -0.1) is 0 Å². The zero-order chi connectivity index (χ0) is 19.7. The van der Waals surface area contributed by atoms with Gasteiger partial charge in [0.05, 0.1) is 6.20 Å². The van der Waals surface area contributed by atoms with E-state index < -0.39 is 0 Å². The predicted molar refractivity (Wildman–Crippen MR) is 111 cm³/mol. The first-order valence-electron chi connectivity index (χ1n) is 9.92. The van der Waals surface area contributed by atoms with E-state index in [0.717, 1.165) is 41.2 Å². The second-order valence-electron chi connectivity index (χ2n) is 7.67. The second kappa shape index (κ2) is 7.92. The van der Waals surface area contributed by atoms with E-state index in [0.29, 0.717) is 11.2 Å². The van der Waals surface area contributed by atoms with E-state index in [2.05, 4.69) is 10.4 Å². The van der Waals surface area contributed by atoms with Gasteiger partial charge in [0.1, 0.15) is 5.56 Å². The van der Waals surface area contributed by atoms with E-state index >= 15 is 0 Å². The average molecular weight is 397 g/mol. The maximum absolute atomic E-state index is 12.8. The number of halogens is 1. The van der Waals surface area contributed by atoms with Crippen molar-refractivity contribution in [3.63, 3.8) is 0 Å². The number of nitrogens with one attached hydrogen (secondary N) is 1. The van der Waals surface area contributed by atoms with Gasteiger partial charge in [0, 0.05) is 28.9 Å². The third-order valence-corrected chi connectivity index (χ3v) is 5.94. The maximum Gasteiger partial charge on any atom is 0.256 e. The maximum atomic E-state index is 12.8. The van der Waals surface area contributed by atoms with Gasteiger partial charge in [-0.1, -0.05) is 43.0 Å². The third kappa shape index (κ3) is 3.76. The van der Waals surface area contributed by atoms with Gasteiger partial charge in [-0.2, -0.15) is 5.10 Å². The molecular weight excluding hydrogens is 372 g/mol. The highest BCUT2D eigenvalue weighted by Crippen LogP contribution is 2.22. The highest BCUT2D eigenvalue weighted by atomic mass is 35.5. The van der Waals surface area contributed by atoms with E-state index in [9.17, 15) is 4.79 Å². The van der Waals surface area contributed by atoms with Crippen LogP contribution >= 0.6 is 11.6 Å². The van der Waals surface area contributed by atoms with Gasteiger partial charge in [-0.3, -0.25) is 4.79 Å². The van der Waals surface area contributed by atoms with Crippen LogP contribution in [0, 0.1) is 13.8 Å². The Bertz CT molecular complexity index is 1000. The molecule has 1 aromatic carbocycles. The molecule has 3 aromatic rings. The molecule has 0 unspecified atom stereocenters. The van der Waals surface area contributed by atoms with E-state index in [1.807, 2.05) is 38.1 Å². The first-order valence-corrected chi connectivity index (χ1v) is 10.3. The number of amides is 1. The van der Waals surface area contributed by atoms with Gasteiger partial charge in [0.2, 0.25) is 0 Å². The lowest BCUT2D eigenvalue weighted by Crippen LogP contribution is -2.36. The average Bonchev–Trinajstić information content (AvgIpc) is 3.11. The Balaban J connectivity index is 1.63. The second-order valence-corrected chi connectivity index (χ2v) is 8.10. The molecule has 0 aliphatic heterocycles. The summed E-state index contributed by atoms with van der Waals surface area (Å²) in [4.78, 5) is 17.5. The molecule has 0 radical (unpaired) electrons. The normalized spacial score (nSPS) is 15.1. The predicted octanol–water partition coefficient (Wildman–Crippen LogP) is 4.65. The molecule has 1 N–H and O–H groups in total. The number of nitrogens with zero attached hydrogens (tertiary/aromatic N) is 3. The van der Waals surface area contributed by atoms with Gasteiger partial charge in [-0.25, -0.2) is 9.50 Å². The molecule has 4 rings (SSSR count). The summed E-state index contributed by atoms with van der Waals surface area (Å²) in [6, 6.07) is 8.11. The quantitative estimate of drug-likeness (QED) is 0.698. The molecule has 5 nitrogen and oxygen atoms in total. The van der Waals surface area contributed by atoms with E-state index in [4.69, 9.17) is 16.6 Å². The Labute approximate surface area is 170 Å². The van der Waals surface area contributed by atoms with Gasteiger partial charge in [0.25, 0.3) is 5.91 Å². The summed E-state index contributed by atoms with van der Waals surface area (Å²) >= 11 is 5.99. The van der Waals surface area contributed by atoms with Crippen LogP contribution in [0.4, 0.5) is 0 Å². The summed E-state index contributed by atoms with van der Waals surface area (Å²) in [6.07, 6.45) is 8.14. The van der Waals surface area contributed by atoms with Crippen LogP contribution in [-0.4, -0.2) is 26.5 Å². The number of rotatable bonds is 4. The summed E-state index contributed by atoms with van der Waals surface area (Å²) in [5.41, 5.74) is 5.40. The Morgan fingerprint density at radius 2 is 1.89 bits per heavy atom. The number of aryl methyl sites for hydroxylation is 2. The van der Waals surface area contributed by atoms with Crippen LogP contribution < -0.4 is 5.32 Å². The highest BCUT2D eigenvalue weighted by molar-refractivity contribution is 6.30. The van der Waals surface area contributed by atoms with Crippen LogP contribution in [0.1, 0.15) is 65.0 Å². The van der Waals surface area contributed by atoms with Crippen molar-refractivity contribution in [2.75, 3.05) is 0 Å². The number of hydrogen-bond acceptors (Lipinski definition) is 3. The van der Waals surface area contributed by atoms with Crippen molar-refractivity contribution in [3.8, 4) is 0 Å². The highest BCUT2D eigenvalue weighted by Gasteiger charge is 2.21. The van der Waals surface area contributed by atoms with E-state index in [1.54, 1.807) is 10.7 Å². The van der Waals surface area contributed by atoms with Gasteiger partial charge < -0.3 is 5.32 Å². The molecule has 0 spiro atoms. The molecule has 1 aliphatic carbocycles. The zero-order valence-electron chi connectivity index (χ0n) is 16.3. The molecular formula is C22H25ClN4O. The molecule has 2 heterocycles. The van der Waals surface area contributed by atoms with Crippen molar-refractivity contribution in [1.29, 1.82) is 0 Å². The smallest absolute Gasteiger partial charge is 0.256 e. The molecule has 28 heavy (non-hydrogen) atoms. The summed E-state index contributed by atoms with van der Waals surface area (Å²) in [5.74, 6) is -0.0707. The summed E-state index contributed by atoms with van der Waals surface area (Å²) in [5, 5.41) is 8.36. The van der Waals surface area contributed by atoms with Crippen molar-refractivity contribution in [1.82, 2.24) is 19.9 Å². The van der Waals surface area contributed by atoms with E-state index in [-0.39, 0.29) is 11.9 Å². The van der Waals surface area contributed by atoms with Crippen LogP contribution in [0.15, 0.2) is 30.5 Å². The Kier molecular flexibility index (Phi) is 5.36. The molecule has 0 bridgehead atoms. The van der Waals surface area contributed by atoms with Crippen molar-refractivity contribution >= 4 is 23.2 Å². The van der Waals surface area contributed by atoms with Gasteiger partial charge in [0.15, 0.2) is 5.65 Å². The lowest BCUT2D eigenvalue weighted by Gasteiger charge is -2.22. The largest absolute Gasteiger partial charge is 0.349 e. The molecule has 2 aromatic heterocycles. The van der Waals surface area contributed by atoms with Crippen LogP contribution in [0.5, 0.6) is 0 Å². The molecule has 6 heteroatoms. The van der Waals surface area contributed by atoms with Crippen molar-refractivity contribution in [3.05, 3.63) is 63.6 Å². The molecule has 0 atom stereocenters. The molecule has 1 aliphatic rings. The topological polar surface area (TPSA) is 59.3 Å². The summed E-state index contributed by atoms with van der Waals surface area (Å²) < 4.78 is 1.79. The molecule has 1 amide bonds. The number of carbonyl (C=O) groups excluding carboxylic acids is 1. The lowest BCUT2D eigenvalue weighted by atomic mass is 9.95. The minimum Gasteiger partial charge on any atom is -0.349 e.